The third-order valence-electron chi connectivity index (χ3n) is 1.94. The van der Waals surface area contributed by atoms with Gasteiger partial charge in [-0.3, -0.25) is 4.79 Å². The Bertz CT molecular complexity index is 388. The molecule has 0 bridgehead atoms. The second-order valence-corrected chi connectivity index (χ2v) is 4.83. The maximum absolute atomic E-state index is 13.0. The summed E-state index contributed by atoms with van der Waals surface area (Å²) >= 11 is 6.26. The zero-order chi connectivity index (χ0) is 12.7. The Hall–Kier alpha value is -0.460. The molecule has 1 aromatic carbocycles. The molecule has 17 heavy (non-hydrogen) atoms. The summed E-state index contributed by atoms with van der Waals surface area (Å²) in [6.07, 6.45) is 0. The number of rotatable bonds is 6. The lowest BCUT2D eigenvalue weighted by atomic mass is 10.2. The molecule has 0 spiro atoms. The first kappa shape index (κ1) is 14.6. The van der Waals surface area contributed by atoms with Crippen LogP contribution in [0, 0.1) is 5.82 Å². The van der Waals surface area contributed by atoms with Gasteiger partial charge in [-0.15, -0.1) is 0 Å². The highest BCUT2D eigenvalue weighted by Crippen LogP contribution is 2.16. The van der Waals surface area contributed by atoms with Gasteiger partial charge in [-0.05, 0) is 34.1 Å². The number of benzene rings is 1. The summed E-state index contributed by atoms with van der Waals surface area (Å²) in [4.78, 5) is 11.6. The number of amides is 1. The van der Waals surface area contributed by atoms with Crippen molar-refractivity contribution in [3.05, 3.63) is 34.1 Å². The Morgan fingerprint density at radius 2 is 2.18 bits per heavy atom. The van der Waals surface area contributed by atoms with Gasteiger partial charge in [0, 0.05) is 17.4 Å². The smallest absolute Gasteiger partial charge is 0.251 e. The summed E-state index contributed by atoms with van der Waals surface area (Å²) in [7, 11) is 0. The van der Waals surface area contributed by atoms with Crippen molar-refractivity contribution in [1.29, 1.82) is 0 Å². The number of carbonyl (C=O) groups is 1. The van der Waals surface area contributed by atoms with Crippen LogP contribution in [0.25, 0.3) is 0 Å². The summed E-state index contributed by atoms with van der Waals surface area (Å²) in [6.45, 7) is 1.50. The lowest BCUT2D eigenvalue weighted by Gasteiger charge is -2.06. The molecule has 94 valence electrons. The van der Waals surface area contributed by atoms with Crippen LogP contribution in [0.2, 0.25) is 0 Å². The molecule has 1 N–H and O–H groups in total. The molecule has 0 saturated carbocycles. The van der Waals surface area contributed by atoms with Gasteiger partial charge in [-0.1, -0.05) is 15.9 Å². The zero-order valence-electron chi connectivity index (χ0n) is 9.01. The lowest BCUT2D eigenvalue weighted by Crippen LogP contribution is -2.27. The van der Waals surface area contributed by atoms with Crippen LogP contribution < -0.4 is 5.32 Å². The zero-order valence-corrected chi connectivity index (χ0v) is 12.2. The Kier molecular flexibility index (Phi) is 6.69. The summed E-state index contributed by atoms with van der Waals surface area (Å²) in [5.41, 5.74) is 0.416. The largest absolute Gasteiger partial charge is 0.379 e. The van der Waals surface area contributed by atoms with E-state index >= 15 is 0 Å². The van der Waals surface area contributed by atoms with Crippen molar-refractivity contribution in [3.8, 4) is 0 Å². The third-order valence-corrected chi connectivity index (χ3v) is 2.87. The fourth-order valence-corrected chi connectivity index (χ4v) is 1.74. The second-order valence-electron chi connectivity index (χ2n) is 3.19. The average Bonchev–Trinajstić information content (AvgIpc) is 2.32. The molecule has 0 unspecified atom stereocenters. The maximum atomic E-state index is 13.0. The van der Waals surface area contributed by atoms with E-state index in [-0.39, 0.29) is 16.2 Å². The topological polar surface area (TPSA) is 38.3 Å². The summed E-state index contributed by atoms with van der Waals surface area (Å²) < 4.78 is 18.4. The molecule has 1 rings (SSSR count). The van der Waals surface area contributed by atoms with Crippen LogP contribution >= 0.6 is 31.9 Å². The third kappa shape index (κ3) is 5.14. The number of hydrogen-bond donors (Lipinski definition) is 1. The van der Waals surface area contributed by atoms with E-state index in [9.17, 15) is 9.18 Å². The molecule has 0 atom stereocenters. The van der Waals surface area contributed by atoms with Gasteiger partial charge >= 0.3 is 0 Å². The minimum atomic E-state index is -0.387. The van der Waals surface area contributed by atoms with Crippen LogP contribution in [0.4, 0.5) is 4.39 Å². The molecular formula is C11H12Br2FNO2. The molecule has 0 fully saturated rings. The monoisotopic (exact) mass is 367 g/mol. The van der Waals surface area contributed by atoms with Gasteiger partial charge in [0.2, 0.25) is 0 Å². The van der Waals surface area contributed by atoms with Gasteiger partial charge in [0.1, 0.15) is 5.82 Å². The molecule has 3 nitrogen and oxygen atoms in total. The molecule has 0 aliphatic heterocycles. The van der Waals surface area contributed by atoms with Crippen LogP contribution in [0.3, 0.4) is 0 Å². The van der Waals surface area contributed by atoms with Gasteiger partial charge in [-0.2, -0.15) is 0 Å². The molecule has 0 heterocycles. The van der Waals surface area contributed by atoms with Gasteiger partial charge < -0.3 is 10.1 Å². The first-order valence-electron chi connectivity index (χ1n) is 5.02. The molecule has 0 aliphatic rings. The highest BCUT2D eigenvalue weighted by atomic mass is 79.9. The van der Waals surface area contributed by atoms with E-state index in [0.29, 0.717) is 25.3 Å². The number of ether oxygens (including phenoxy) is 1. The van der Waals surface area contributed by atoms with Crippen LogP contribution in [0.1, 0.15) is 10.4 Å². The van der Waals surface area contributed by atoms with Crippen molar-refractivity contribution in [2.75, 3.05) is 25.1 Å². The van der Waals surface area contributed by atoms with Crippen molar-refractivity contribution < 1.29 is 13.9 Å². The number of carbonyl (C=O) groups excluding carboxylic acids is 1. The number of halogens is 3. The second kappa shape index (κ2) is 7.79. The van der Waals surface area contributed by atoms with E-state index in [4.69, 9.17) is 4.74 Å². The molecule has 0 aliphatic carbocycles. The Labute approximate surface area is 116 Å². The highest BCUT2D eigenvalue weighted by Gasteiger charge is 2.07. The van der Waals surface area contributed by atoms with Crippen molar-refractivity contribution in [2.24, 2.45) is 0 Å². The molecule has 0 aromatic heterocycles. The van der Waals surface area contributed by atoms with Crippen molar-refractivity contribution >= 4 is 37.8 Å². The minimum Gasteiger partial charge on any atom is -0.379 e. The van der Waals surface area contributed by atoms with Gasteiger partial charge in [0.15, 0.2) is 0 Å². The quantitative estimate of drug-likeness (QED) is 0.619. The normalized spacial score (nSPS) is 10.3. The van der Waals surface area contributed by atoms with E-state index < -0.39 is 0 Å². The van der Waals surface area contributed by atoms with E-state index in [1.54, 1.807) is 0 Å². The van der Waals surface area contributed by atoms with E-state index in [1.165, 1.54) is 18.2 Å². The predicted molar refractivity (Wildman–Crippen MR) is 71.0 cm³/mol. The van der Waals surface area contributed by atoms with Gasteiger partial charge in [0.25, 0.3) is 5.91 Å². The van der Waals surface area contributed by atoms with E-state index in [0.717, 1.165) is 5.33 Å². The number of alkyl halides is 1. The van der Waals surface area contributed by atoms with Crippen LogP contribution in [0.5, 0.6) is 0 Å². The number of nitrogens with one attached hydrogen (secondary N) is 1. The first-order chi connectivity index (χ1) is 8.15. The van der Waals surface area contributed by atoms with Crippen molar-refractivity contribution in [1.82, 2.24) is 5.32 Å². The van der Waals surface area contributed by atoms with Crippen LogP contribution in [-0.4, -0.2) is 31.0 Å². The summed E-state index contributed by atoms with van der Waals surface area (Å²) in [5.74, 6) is -0.629. The highest BCUT2D eigenvalue weighted by molar-refractivity contribution is 9.10. The molecule has 1 amide bonds. The lowest BCUT2D eigenvalue weighted by molar-refractivity contribution is 0.0924. The molecule has 1 aromatic rings. The molecular weight excluding hydrogens is 357 g/mol. The van der Waals surface area contributed by atoms with E-state index in [1.807, 2.05) is 0 Å². The fourth-order valence-electron chi connectivity index (χ4n) is 1.13. The van der Waals surface area contributed by atoms with Crippen molar-refractivity contribution in [3.63, 3.8) is 0 Å². The van der Waals surface area contributed by atoms with Gasteiger partial charge in [-0.25, -0.2) is 4.39 Å². The van der Waals surface area contributed by atoms with E-state index in [2.05, 4.69) is 37.2 Å². The minimum absolute atomic E-state index is 0.242. The standard InChI is InChI=1S/C11H12Br2FNO2/c12-3-5-17-6-4-15-11(16)8-1-2-10(14)9(13)7-8/h1-2,7H,3-6H2,(H,15,16). The SMILES string of the molecule is O=C(NCCOCCBr)c1ccc(F)c(Br)c1. The van der Waals surface area contributed by atoms with Gasteiger partial charge in [0.05, 0.1) is 17.7 Å². The molecule has 6 heteroatoms. The first-order valence-corrected chi connectivity index (χ1v) is 6.93. The number of hydrogen-bond acceptors (Lipinski definition) is 2. The predicted octanol–water partition coefficient (Wildman–Crippen LogP) is 2.73. The van der Waals surface area contributed by atoms with Crippen molar-refractivity contribution in [2.45, 2.75) is 0 Å². The Morgan fingerprint density at radius 1 is 1.41 bits per heavy atom. The van der Waals surface area contributed by atoms with Crippen LogP contribution in [-0.2, 0) is 4.74 Å². The molecule has 0 saturated heterocycles. The molecule has 0 radical (unpaired) electrons. The average molecular weight is 369 g/mol. The van der Waals surface area contributed by atoms with Crippen LogP contribution in [0.15, 0.2) is 22.7 Å². The Morgan fingerprint density at radius 3 is 2.82 bits per heavy atom. The maximum Gasteiger partial charge on any atom is 0.251 e. The fraction of sp³-hybridized carbons (Fsp3) is 0.364. The Balaban J connectivity index is 2.39. The summed E-state index contributed by atoms with van der Waals surface area (Å²) in [6, 6.07) is 4.14. The summed E-state index contributed by atoms with van der Waals surface area (Å²) in [5, 5.41) is 3.45.